The third-order valence-corrected chi connectivity index (χ3v) is 7.23. The summed E-state index contributed by atoms with van der Waals surface area (Å²) in [7, 11) is 0. The molecule has 0 bridgehead atoms. The molecule has 0 radical (unpaired) electrons. The summed E-state index contributed by atoms with van der Waals surface area (Å²) in [6.07, 6.45) is 0.578. The Morgan fingerprint density at radius 1 is 0.969 bits per heavy atom. The number of piperazine rings is 1. The van der Waals surface area contributed by atoms with E-state index in [1.54, 1.807) is 23.5 Å². The van der Waals surface area contributed by atoms with Crippen LogP contribution in [0.25, 0.3) is 10.4 Å². The second kappa shape index (κ2) is 9.18. The van der Waals surface area contributed by atoms with E-state index < -0.39 is 0 Å². The van der Waals surface area contributed by atoms with Gasteiger partial charge in [0.25, 0.3) is 5.91 Å². The van der Waals surface area contributed by atoms with Gasteiger partial charge in [0.1, 0.15) is 11.6 Å². The number of aromatic nitrogens is 2. The van der Waals surface area contributed by atoms with Crippen molar-refractivity contribution in [3.05, 3.63) is 88.8 Å². The van der Waals surface area contributed by atoms with Crippen LogP contribution in [0.1, 0.15) is 21.7 Å². The van der Waals surface area contributed by atoms with Crippen LogP contribution in [0.3, 0.4) is 0 Å². The number of hydrogen-bond acceptors (Lipinski definition) is 6. The monoisotopic (exact) mass is 464 g/mol. The maximum atomic E-state index is 13.3. The molecular formula is C24H21FN4OS2. The number of rotatable bonds is 5. The van der Waals surface area contributed by atoms with E-state index in [2.05, 4.69) is 14.3 Å². The Kier molecular flexibility index (Phi) is 5.96. The fourth-order valence-corrected chi connectivity index (χ4v) is 5.32. The molecule has 1 aliphatic rings. The molecule has 1 aliphatic heterocycles. The second-order valence-electron chi connectivity index (χ2n) is 7.60. The molecule has 162 valence electrons. The van der Waals surface area contributed by atoms with E-state index in [9.17, 15) is 9.18 Å². The van der Waals surface area contributed by atoms with Crippen molar-refractivity contribution in [2.24, 2.45) is 0 Å². The van der Waals surface area contributed by atoms with Crippen LogP contribution in [0.15, 0.2) is 66.0 Å². The first-order valence-electron chi connectivity index (χ1n) is 10.4. The second-order valence-corrected chi connectivity index (χ2v) is 9.28. The maximum absolute atomic E-state index is 13.3. The number of halogens is 1. The molecule has 5 rings (SSSR count). The molecule has 5 nitrogen and oxygen atoms in total. The molecule has 4 aromatic rings. The Morgan fingerprint density at radius 2 is 1.75 bits per heavy atom. The molecule has 0 saturated carbocycles. The molecule has 0 N–H and O–H groups in total. The summed E-state index contributed by atoms with van der Waals surface area (Å²) < 4.78 is 17.6. The third kappa shape index (κ3) is 4.42. The van der Waals surface area contributed by atoms with Crippen LogP contribution in [0.5, 0.6) is 0 Å². The van der Waals surface area contributed by atoms with Crippen molar-refractivity contribution in [1.29, 1.82) is 0 Å². The molecule has 8 heteroatoms. The highest BCUT2D eigenvalue weighted by atomic mass is 32.1. The molecule has 0 atom stereocenters. The number of anilines is 1. The standard InChI is InChI=1S/C24H21FN4OS2/c25-18-9-7-17(8-10-18)16-22-26-24(32-27-22)29-13-11-28(12-14-29)23(30)20-5-2-1-4-19(20)21-6-3-15-31-21/h1-10,15H,11-14,16H2. The average Bonchev–Trinajstić information content (AvgIpc) is 3.53. The highest BCUT2D eigenvalue weighted by molar-refractivity contribution is 7.13. The zero-order valence-electron chi connectivity index (χ0n) is 17.3. The zero-order chi connectivity index (χ0) is 21.9. The molecule has 3 heterocycles. The summed E-state index contributed by atoms with van der Waals surface area (Å²) in [6.45, 7) is 2.73. The molecular weight excluding hydrogens is 443 g/mol. The Hall–Kier alpha value is -3.10. The van der Waals surface area contributed by atoms with E-state index in [1.165, 1.54) is 23.7 Å². The van der Waals surface area contributed by atoms with E-state index in [0.717, 1.165) is 45.6 Å². The van der Waals surface area contributed by atoms with Gasteiger partial charge >= 0.3 is 0 Å². The molecule has 32 heavy (non-hydrogen) atoms. The first kappa shape index (κ1) is 20.8. The summed E-state index contributed by atoms with van der Waals surface area (Å²) in [5.74, 6) is 0.564. The van der Waals surface area contributed by atoms with Gasteiger partial charge in [-0.15, -0.1) is 11.3 Å². The summed E-state index contributed by atoms with van der Waals surface area (Å²) in [5, 5.41) is 2.90. The predicted molar refractivity (Wildman–Crippen MR) is 127 cm³/mol. The van der Waals surface area contributed by atoms with Crippen molar-refractivity contribution < 1.29 is 9.18 Å². The minimum Gasteiger partial charge on any atom is -0.343 e. The van der Waals surface area contributed by atoms with Gasteiger partial charge in [-0.1, -0.05) is 36.4 Å². The smallest absolute Gasteiger partial charge is 0.254 e. The first-order valence-corrected chi connectivity index (χ1v) is 12.1. The van der Waals surface area contributed by atoms with Crippen LogP contribution in [-0.4, -0.2) is 46.3 Å². The van der Waals surface area contributed by atoms with Crippen LogP contribution >= 0.6 is 22.9 Å². The van der Waals surface area contributed by atoms with Gasteiger partial charge in [0, 0.05) is 60.1 Å². The predicted octanol–water partition coefficient (Wildman–Crippen LogP) is 4.96. The summed E-state index contributed by atoms with van der Waals surface area (Å²) in [6, 6.07) is 18.3. The number of hydrogen-bond donors (Lipinski definition) is 0. The number of carbonyl (C=O) groups excluding carboxylic acids is 1. The molecule has 0 spiro atoms. The number of amides is 1. The Labute approximate surface area is 193 Å². The maximum Gasteiger partial charge on any atom is 0.254 e. The van der Waals surface area contributed by atoms with Crippen molar-refractivity contribution in [1.82, 2.24) is 14.3 Å². The van der Waals surface area contributed by atoms with Crippen LogP contribution < -0.4 is 4.90 Å². The topological polar surface area (TPSA) is 49.3 Å². The van der Waals surface area contributed by atoms with E-state index in [-0.39, 0.29) is 11.7 Å². The van der Waals surface area contributed by atoms with Gasteiger partial charge in [-0.05, 0) is 35.2 Å². The SMILES string of the molecule is O=C(c1ccccc1-c1cccs1)N1CCN(c2nc(Cc3ccc(F)cc3)ns2)CC1. The third-order valence-electron chi connectivity index (χ3n) is 5.51. The fourth-order valence-electron chi connectivity index (χ4n) is 3.82. The Morgan fingerprint density at radius 3 is 2.50 bits per heavy atom. The molecule has 2 aromatic carbocycles. The molecule has 2 aromatic heterocycles. The lowest BCUT2D eigenvalue weighted by atomic mass is 10.0. The Balaban J connectivity index is 1.23. The van der Waals surface area contributed by atoms with Gasteiger partial charge < -0.3 is 9.80 Å². The van der Waals surface area contributed by atoms with Crippen LogP contribution in [0, 0.1) is 5.82 Å². The molecule has 1 fully saturated rings. The molecule has 1 saturated heterocycles. The molecule has 1 amide bonds. The highest BCUT2D eigenvalue weighted by Gasteiger charge is 2.25. The van der Waals surface area contributed by atoms with Crippen molar-refractivity contribution in [2.45, 2.75) is 6.42 Å². The average molecular weight is 465 g/mol. The van der Waals surface area contributed by atoms with E-state index in [1.807, 2.05) is 46.7 Å². The van der Waals surface area contributed by atoms with Crippen LogP contribution in [-0.2, 0) is 6.42 Å². The van der Waals surface area contributed by atoms with Crippen molar-refractivity contribution in [2.75, 3.05) is 31.1 Å². The van der Waals surface area contributed by atoms with Crippen LogP contribution in [0.4, 0.5) is 9.52 Å². The quantitative estimate of drug-likeness (QED) is 0.419. The molecule has 0 aliphatic carbocycles. The summed E-state index contributed by atoms with van der Waals surface area (Å²) in [5.41, 5.74) is 2.72. The lowest BCUT2D eigenvalue weighted by Gasteiger charge is -2.34. The Bertz CT molecular complexity index is 1200. The number of carbonyl (C=O) groups is 1. The summed E-state index contributed by atoms with van der Waals surface area (Å²) in [4.78, 5) is 23.1. The minimum atomic E-state index is -0.244. The van der Waals surface area contributed by atoms with Gasteiger partial charge in [0.05, 0.1) is 0 Å². The summed E-state index contributed by atoms with van der Waals surface area (Å²) >= 11 is 3.02. The van der Waals surface area contributed by atoms with Gasteiger partial charge in [0.2, 0.25) is 5.13 Å². The van der Waals surface area contributed by atoms with Gasteiger partial charge in [0.15, 0.2) is 0 Å². The number of thiophene rings is 1. The lowest BCUT2D eigenvalue weighted by Crippen LogP contribution is -2.48. The largest absolute Gasteiger partial charge is 0.343 e. The lowest BCUT2D eigenvalue weighted by molar-refractivity contribution is 0.0747. The van der Waals surface area contributed by atoms with Crippen LogP contribution in [0.2, 0.25) is 0 Å². The fraction of sp³-hybridized carbons (Fsp3) is 0.208. The van der Waals surface area contributed by atoms with Gasteiger partial charge in [-0.2, -0.15) is 4.37 Å². The number of benzene rings is 2. The highest BCUT2D eigenvalue weighted by Crippen LogP contribution is 2.29. The van der Waals surface area contributed by atoms with Crippen molar-refractivity contribution in [3.8, 4) is 10.4 Å². The van der Waals surface area contributed by atoms with E-state index in [4.69, 9.17) is 0 Å². The zero-order valence-corrected chi connectivity index (χ0v) is 18.9. The van der Waals surface area contributed by atoms with Crippen molar-refractivity contribution in [3.63, 3.8) is 0 Å². The van der Waals surface area contributed by atoms with E-state index in [0.29, 0.717) is 19.5 Å². The normalized spacial score (nSPS) is 14.0. The minimum absolute atomic E-state index is 0.0721. The number of nitrogens with zero attached hydrogens (tertiary/aromatic N) is 4. The van der Waals surface area contributed by atoms with Crippen molar-refractivity contribution >= 4 is 33.9 Å². The molecule has 0 unspecified atom stereocenters. The first-order chi connectivity index (χ1) is 15.7. The van der Waals surface area contributed by atoms with E-state index >= 15 is 0 Å². The van der Waals surface area contributed by atoms with Gasteiger partial charge in [-0.25, -0.2) is 9.37 Å². The van der Waals surface area contributed by atoms with Gasteiger partial charge in [-0.3, -0.25) is 4.79 Å².